The van der Waals surface area contributed by atoms with Crippen LogP contribution in [0.4, 0.5) is 18.9 Å². The Hall–Kier alpha value is -3.10. The van der Waals surface area contributed by atoms with Gasteiger partial charge in [-0.15, -0.1) is 0 Å². The van der Waals surface area contributed by atoms with E-state index in [4.69, 9.17) is 0 Å². The van der Waals surface area contributed by atoms with E-state index < -0.39 is 12.5 Å². The molecule has 3 rings (SSSR count). The predicted molar refractivity (Wildman–Crippen MR) is 79.2 cm³/mol. The van der Waals surface area contributed by atoms with Gasteiger partial charge in [0.15, 0.2) is 5.69 Å². The van der Waals surface area contributed by atoms with Crippen LogP contribution in [0.3, 0.4) is 0 Å². The van der Waals surface area contributed by atoms with Crippen LogP contribution in [0, 0.1) is 5.82 Å². The molecule has 0 unspecified atom stereocenters. The molecule has 1 N–H and O–H groups in total. The molecule has 24 heavy (non-hydrogen) atoms. The normalized spacial score (nSPS) is 11.0. The Morgan fingerprint density at radius 1 is 1.29 bits per heavy atom. The van der Waals surface area contributed by atoms with Crippen molar-refractivity contribution < 1.29 is 18.0 Å². The second kappa shape index (κ2) is 6.57. The molecule has 3 aromatic rings. The maximum Gasteiger partial charge on any atom is 0.333 e. The summed E-state index contributed by atoms with van der Waals surface area (Å²) in [4.78, 5) is 11.9. The van der Waals surface area contributed by atoms with E-state index in [1.165, 1.54) is 29.1 Å². The summed E-state index contributed by atoms with van der Waals surface area (Å²) in [5.41, 5.74) is 0.961. The summed E-state index contributed by atoms with van der Waals surface area (Å²) < 4.78 is 39.9. The Morgan fingerprint density at radius 2 is 2.12 bits per heavy atom. The van der Waals surface area contributed by atoms with Gasteiger partial charge in [0.2, 0.25) is 0 Å². The molecule has 0 radical (unpaired) electrons. The van der Waals surface area contributed by atoms with E-state index in [0.29, 0.717) is 22.5 Å². The Labute approximate surface area is 134 Å². The number of rotatable bonds is 5. The molecule has 6 nitrogen and oxygen atoms in total. The van der Waals surface area contributed by atoms with Crippen LogP contribution in [-0.4, -0.2) is 25.5 Å². The van der Waals surface area contributed by atoms with E-state index in [2.05, 4.69) is 15.5 Å². The fourth-order valence-corrected chi connectivity index (χ4v) is 2.10. The van der Waals surface area contributed by atoms with Crippen LogP contribution in [0.1, 0.15) is 22.6 Å². The smallest absolute Gasteiger partial charge is 0.318 e. The second-order valence-electron chi connectivity index (χ2n) is 4.97. The Morgan fingerprint density at radius 3 is 2.83 bits per heavy atom. The van der Waals surface area contributed by atoms with E-state index in [0.717, 1.165) is 6.20 Å². The summed E-state index contributed by atoms with van der Waals surface area (Å²) in [6.07, 6.45) is 3.97. The number of nitrogens with zero attached hydrogens (tertiary/aromatic N) is 4. The summed E-state index contributed by atoms with van der Waals surface area (Å²) in [5, 5.41) is 10.0. The predicted octanol–water partition coefficient (Wildman–Crippen LogP) is 2.91. The topological polar surface area (TPSA) is 64.7 Å². The van der Waals surface area contributed by atoms with Gasteiger partial charge in [0, 0.05) is 12.4 Å². The van der Waals surface area contributed by atoms with Crippen molar-refractivity contribution in [3.8, 4) is 0 Å². The monoisotopic (exact) mass is 335 g/mol. The zero-order valence-electron chi connectivity index (χ0n) is 12.2. The SMILES string of the molecule is O=C(Nc1cnn(Cc2cccc(F)c2)c1)c1ccn(C(F)F)n1. The molecular weight excluding hydrogens is 323 g/mol. The molecule has 2 aromatic heterocycles. The third kappa shape index (κ3) is 3.62. The van der Waals surface area contributed by atoms with Gasteiger partial charge in [-0.3, -0.25) is 9.48 Å². The van der Waals surface area contributed by atoms with Crippen LogP contribution < -0.4 is 5.32 Å². The van der Waals surface area contributed by atoms with E-state index in [-0.39, 0.29) is 11.5 Å². The molecule has 0 aliphatic rings. The molecule has 1 amide bonds. The fourth-order valence-electron chi connectivity index (χ4n) is 2.10. The van der Waals surface area contributed by atoms with E-state index in [9.17, 15) is 18.0 Å². The van der Waals surface area contributed by atoms with Crippen molar-refractivity contribution in [1.82, 2.24) is 19.6 Å². The Balaban J connectivity index is 1.66. The number of amides is 1. The number of hydrogen-bond donors (Lipinski definition) is 1. The van der Waals surface area contributed by atoms with E-state index in [1.54, 1.807) is 18.3 Å². The first-order valence-electron chi connectivity index (χ1n) is 6.93. The first-order chi connectivity index (χ1) is 11.5. The average molecular weight is 335 g/mol. The molecule has 2 heterocycles. The zero-order valence-corrected chi connectivity index (χ0v) is 12.2. The minimum Gasteiger partial charge on any atom is -0.318 e. The molecule has 0 saturated carbocycles. The van der Waals surface area contributed by atoms with Crippen molar-refractivity contribution in [2.45, 2.75) is 13.1 Å². The lowest BCUT2D eigenvalue weighted by Gasteiger charge is -2.02. The molecule has 0 fully saturated rings. The van der Waals surface area contributed by atoms with Crippen LogP contribution in [0.5, 0.6) is 0 Å². The quantitative estimate of drug-likeness (QED) is 0.780. The summed E-state index contributed by atoms with van der Waals surface area (Å²) in [6.45, 7) is -2.48. The molecule has 0 saturated heterocycles. The number of carbonyl (C=O) groups excluding carboxylic acids is 1. The summed E-state index contributed by atoms with van der Waals surface area (Å²) >= 11 is 0. The van der Waals surface area contributed by atoms with Crippen LogP contribution >= 0.6 is 0 Å². The van der Waals surface area contributed by atoms with Crippen LogP contribution in [0.15, 0.2) is 48.9 Å². The first kappa shape index (κ1) is 15.8. The molecule has 0 aliphatic carbocycles. The average Bonchev–Trinajstić information content (AvgIpc) is 3.17. The van der Waals surface area contributed by atoms with Gasteiger partial charge < -0.3 is 5.32 Å². The third-order valence-corrected chi connectivity index (χ3v) is 3.17. The Bertz CT molecular complexity index is 858. The fraction of sp³-hybridized carbons (Fsp3) is 0.133. The van der Waals surface area contributed by atoms with Gasteiger partial charge in [-0.2, -0.15) is 19.0 Å². The second-order valence-corrected chi connectivity index (χ2v) is 4.97. The lowest BCUT2D eigenvalue weighted by atomic mass is 10.2. The molecule has 124 valence electrons. The van der Waals surface area contributed by atoms with Crippen molar-refractivity contribution in [1.29, 1.82) is 0 Å². The lowest BCUT2D eigenvalue weighted by Crippen LogP contribution is -2.13. The van der Waals surface area contributed by atoms with Crippen molar-refractivity contribution >= 4 is 11.6 Å². The van der Waals surface area contributed by atoms with Crippen molar-refractivity contribution in [2.75, 3.05) is 5.32 Å². The molecule has 0 spiro atoms. The highest BCUT2D eigenvalue weighted by Gasteiger charge is 2.14. The minimum atomic E-state index is -2.81. The van der Waals surface area contributed by atoms with Gasteiger partial charge in [0.1, 0.15) is 5.82 Å². The first-order valence-corrected chi connectivity index (χ1v) is 6.93. The van der Waals surface area contributed by atoms with Crippen LogP contribution in [0.2, 0.25) is 0 Å². The highest BCUT2D eigenvalue weighted by Crippen LogP contribution is 2.12. The van der Waals surface area contributed by atoms with Gasteiger partial charge in [0.25, 0.3) is 5.91 Å². The molecule has 9 heteroatoms. The number of alkyl halides is 2. The number of halogens is 3. The Kier molecular flexibility index (Phi) is 4.32. The van der Waals surface area contributed by atoms with Crippen molar-refractivity contribution in [3.63, 3.8) is 0 Å². The summed E-state index contributed by atoms with van der Waals surface area (Å²) in [7, 11) is 0. The van der Waals surface area contributed by atoms with E-state index in [1.807, 2.05) is 0 Å². The molecule has 0 aliphatic heterocycles. The van der Waals surface area contributed by atoms with Crippen LogP contribution in [-0.2, 0) is 6.54 Å². The highest BCUT2D eigenvalue weighted by atomic mass is 19.3. The van der Waals surface area contributed by atoms with Gasteiger partial charge in [0.05, 0.1) is 18.4 Å². The van der Waals surface area contributed by atoms with Gasteiger partial charge in [-0.1, -0.05) is 12.1 Å². The number of aromatic nitrogens is 4. The minimum absolute atomic E-state index is 0.131. The lowest BCUT2D eigenvalue weighted by molar-refractivity contribution is 0.0561. The van der Waals surface area contributed by atoms with E-state index >= 15 is 0 Å². The maximum atomic E-state index is 13.1. The van der Waals surface area contributed by atoms with Crippen LogP contribution in [0.25, 0.3) is 0 Å². The standard InChI is InChI=1S/C15H12F3N5O/c16-11-3-1-2-10(6-11)8-22-9-12(7-19-22)20-14(24)13-4-5-23(21-13)15(17)18/h1-7,9,15H,8H2,(H,20,24). The molecular formula is C15H12F3N5O. The number of hydrogen-bond acceptors (Lipinski definition) is 3. The summed E-state index contributed by atoms with van der Waals surface area (Å²) in [6, 6.07) is 7.27. The maximum absolute atomic E-state index is 13.1. The number of benzene rings is 1. The van der Waals surface area contributed by atoms with Crippen molar-refractivity contribution in [2.24, 2.45) is 0 Å². The third-order valence-electron chi connectivity index (χ3n) is 3.17. The van der Waals surface area contributed by atoms with Crippen molar-refractivity contribution in [3.05, 3.63) is 66.0 Å². The molecule has 1 aromatic carbocycles. The summed E-state index contributed by atoms with van der Waals surface area (Å²) in [5.74, 6) is -0.970. The number of nitrogens with one attached hydrogen (secondary N) is 1. The van der Waals surface area contributed by atoms with Gasteiger partial charge in [-0.25, -0.2) is 9.07 Å². The largest absolute Gasteiger partial charge is 0.333 e. The van der Waals surface area contributed by atoms with Gasteiger partial charge >= 0.3 is 6.55 Å². The number of anilines is 1. The highest BCUT2D eigenvalue weighted by molar-refractivity contribution is 6.02. The zero-order chi connectivity index (χ0) is 17.1. The molecule has 0 atom stereocenters. The van der Waals surface area contributed by atoms with Gasteiger partial charge in [-0.05, 0) is 23.8 Å². The molecule has 0 bridgehead atoms. The number of carbonyl (C=O) groups is 1.